The van der Waals surface area contributed by atoms with Crippen LogP contribution in [0.2, 0.25) is 0 Å². The molecule has 1 aliphatic heterocycles. The van der Waals surface area contributed by atoms with Crippen molar-refractivity contribution < 1.29 is 4.74 Å². The van der Waals surface area contributed by atoms with E-state index in [1.54, 1.807) is 7.11 Å². The maximum absolute atomic E-state index is 5.24. The Morgan fingerprint density at radius 1 is 1.42 bits per heavy atom. The molecule has 2 heterocycles. The maximum Gasteiger partial charge on any atom is 0.113 e. The molecule has 0 radical (unpaired) electrons. The Hall–Kier alpha value is -1.39. The van der Waals surface area contributed by atoms with Crippen molar-refractivity contribution in [3.8, 4) is 0 Å². The summed E-state index contributed by atoms with van der Waals surface area (Å²) in [5, 5.41) is 3.35. The third-order valence-corrected chi connectivity index (χ3v) is 4.13. The summed E-state index contributed by atoms with van der Waals surface area (Å²) in [5.74, 6) is 2.40. The highest BCUT2D eigenvalue weighted by Gasteiger charge is 2.28. The number of benzene rings is 1. The Labute approximate surface area is 113 Å². The number of hydrogen-bond donors (Lipinski definition) is 1. The lowest BCUT2D eigenvalue weighted by Crippen LogP contribution is -2.45. The molecule has 4 heteroatoms. The molecule has 1 fully saturated rings. The van der Waals surface area contributed by atoms with Gasteiger partial charge in [0.05, 0.1) is 17.6 Å². The molecule has 0 aliphatic carbocycles. The number of ether oxygens (including phenoxy) is 1. The fourth-order valence-corrected chi connectivity index (χ4v) is 2.73. The van der Waals surface area contributed by atoms with Crippen LogP contribution < -0.4 is 5.32 Å². The number of rotatable bonds is 5. The molecular weight excluding hydrogens is 238 g/mol. The van der Waals surface area contributed by atoms with Crippen molar-refractivity contribution in [2.24, 2.45) is 5.92 Å². The molecule has 1 aromatic carbocycles. The molecule has 4 nitrogen and oxygen atoms in total. The molecule has 1 aliphatic rings. The van der Waals surface area contributed by atoms with E-state index in [0.29, 0.717) is 11.8 Å². The van der Waals surface area contributed by atoms with E-state index in [1.165, 1.54) is 11.3 Å². The zero-order valence-electron chi connectivity index (χ0n) is 11.6. The predicted octanol–water partition coefficient (Wildman–Crippen LogP) is 2.01. The summed E-state index contributed by atoms with van der Waals surface area (Å²) in [7, 11) is 1.75. The molecule has 2 aromatic rings. The number of methoxy groups -OCH3 is 1. The average molecular weight is 259 g/mol. The van der Waals surface area contributed by atoms with Crippen LogP contribution in [0.25, 0.3) is 11.0 Å². The first-order valence-corrected chi connectivity index (χ1v) is 6.96. The Bertz CT molecular complexity index is 560. The van der Waals surface area contributed by atoms with Gasteiger partial charge in [-0.05, 0) is 31.1 Å². The van der Waals surface area contributed by atoms with Crippen molar-refractivity contribution in [2.75, 3.05) is 26.8 Å². The molecule has 1 unspecified atom stereocenters. The van der Waals surface area contributed by atoms with E-state index in [9.17, 15) is 0 Å². The molecule has 102 valence electrons. The van der Waals surface area contributed by atoms with Crippen LogP contribution in [0, 0.1) is 5.92 Å². The van der Waals surface area contributed by atoms with Crippen molar-refractivity contribution in [2.45, 2.75) is 19.4 Å². The van der Waals surface area contributed by atoms with E-state index in [0.717, 1.165) is 31.8 Å². The zero-order valence-corrected chi connectivity index (χ0v) is 11.6. The van der Waals surface area contributed by atoms with Gasteiger partial charge >= 0.3 is 0 Å². The minimum atomic E-state index is 0.491. The van der Waals surface area contributed by atoms with Gasteiger partial charge in [0.25, 0.3) is 0 Å². The van der Waals surface area contributed by atoms with Crippen LogP contribution in [0.3, 0.4) is 0 Å². The first-order valence-electron chi connectivity index (χ1n) is 6.96. The molecular formula is C15H21N3O. The molecule has 3 rings (SSSR count). The van der Waals surface area contributed by atoms with Crippen molar-refractivity contribution in [1.29, 1.82) is 0 Å². The van der Waals surface area contributed by atoms with Gasteiger partial charge in [0, 0.05) is 19.6 Å². The van der Waals surface area contributed by atoms with Crippen LogP contribution in [0.15, 0.2) is 24.3 Å². The second kappa shape index (κ2) is 5.31. The summed E-state index contributed by atoms with van der Waals surface area (Å²) in [4.78, 5) is 4.85. The van der Waals surface area contributed by atoms with Crippen molar-refractivity contribution in [1.82, 2.24) is 14.9 Å². The zero-order chi connectivity index (χ0) is 13.2. The Morgan fingerprint density at radius 3 is 2.89 bits per heavy atom. The van der Waals surface area contributed by atoms with E-state index >= 15 is 0 Å². The van der Waals surface area contributed by atoms with Crippen LogP contribution >= 0.6 is 0 Å². The summed E-state index contributed by atoms with van der Waals surface area (Å²) in [6.07, 6.45) is 0. The van der Waals surface area contributed by atoms with Gasteiger partial charge in [-0.15, -0.1) is 0 Å². The highest BCUT2D eigenvalue weighted by atomic mass is 16.5. The molecule has 0 spiro atoms. The van der Waals surface area contributed by atoms with E-state index in [4.69, 9.17) is 9.72 Å². The maximum atomic E-state index is 5.24. The van der Waals surface area contributed by atoms with Gasteiger partial charge in [-0.1, -0.05) is 19.1 Å². The monoisotopic (exact) mass is 259 g/mol. The standard InChI is InChI=1S/C15H21N3O/c1-11(12-9-16-10-12)15-17-13-5-3-4-6-14(13)18(15)7-8-19-2/h3-6,11-12,16H,7-10H2,1-2H3. The van der Waals surface area contributed by atoms with Gasteiger partial charge in [-0.2, -0.15) is 0 Å². The minimum absolute atomic E-state index is 0.491. The first kappa shape index (κ1) is 12.6. The number of aromatic nitrogens is 2. The summed E-state index contributed by atoms with van der Waals surface area (Å²) < 4.78 is 7.56. The van der Waals surface area contributed by atoms with Crippen LogP contribution in [0.5, 0.6) is 0 Å². The van der Waals surface area contributed by atoms with Gasteiger partial charge < -0.3 is 14.6 Å². The lowest BCUT2D eigenvalue weighted by molar-refractivity contribution is 0.185. The van der Waals surface area contributed by atoms with Gasteiger partial charge in [0.2, 0.25) is 0 Å². The molecule has 1 aromatic heterocycles. The molecule has 1 saturated heterocycles. The van der Waals surface area contributed by atoms with Crippen molar-refractivity contribution >= 4 is 11.0 Å². The topological polar surface area (TPSA) is 39.1 Å². The normalized spacial score (nSPS) is 17.6. The molecule has 1 atom stereocenters. The highest BCUT2D eigenvalue weighted by Crippen LogP contribution is 2.29. The fraction of sp³-hybridized carbons (Fsp3) is 0.533. The number of hydrogen-bond acceptors (Lipinski definition) is 3. The summed E-state index contributed by atoms with van der Waals surface area (Å²) in [6, 6.07) is 8.36. The number of nitrogens with zero attached hydrogens (tertiary/aromatic N) is 2. The summed E-state index contributed by atoms with van der Waals surface area (Å²) in [5.41, 5.74) is 2.31. The van der Waals surface area contributed by atoms with Crippen LogP contribution in [-0.2, 0) is 11.3 Å². The summed E-state index contributed by atoms with van der Waals surface area (Å²) in [6.45, 7) is 6.10. The van der Waals surface area contributed by atoms with Crippen molar-refractivity contribution in [3.05, 3.63) is 30.1 Å². The Morgan fingerprint density at radius 2 is 2.21 bits per heavy atom. The fourth-order valence-electron chi connectivity index (χ4n) is 2.73. The van der Waals surface area contributed by atoms with E-state index in [2.05, 4.69) is 41.1 Å². The molecule has 1 N–H and O–H groups in total. The van der Waals surface area contributed by atoms with Gasteiger partial charge in [-0.25, -0.2) is 4.98 Å². The Balaban J connectivity index is 2.00. The lowest BCUT2D eigenvalue weighted by atomic mass is 9.88. The van der Waals surface area contributed by atoms with E-state index < -0.39 is 0 Å². The number of nitrogens with one attached hydrogen (secondary N) is 1. The molecule has 0 bridgehead atoms. The summed E-state index contributed by atoms with van der Waals surface area (Å²) >= 11 is 0. The van der Waals surface area contributed by atoms with Gasteiger partial charge in [0.1, 0.15) is 5.82 Å². The van der Waals surface area contributed by atoms with Gasteiger partial charge in [0.15, 0.2) is 0 Å². The second-order valence-corrected chi connectivity index (χ2v) is 5.31. The third-order valence-electron chi connectivity index (χ3n) is 4.13. The lowest BCUT2D eigenvalue weighted by Gasteiger charge is -2.32. The van der Waals surface area contributed by atoms with E-state index in [-0.39, 0.29) is 0 Å². The largest absolute Gasteiger partial charge is 0.383 e. The highest BCUT2D eigenvalue weighted by molar-refractivity contribution is 5.76. The van der Waals surface area contributed by atoms with Gasteiger partial charge in [-0.3, -0.25) is 0 Å². The molecule has 0 amide bonds. The average Bonchev–Trinajstić information content (AvgIpc) is 2.73. The number of fused-ring (bicyclic) bond motifs is 1. The van der Waals surface area contributed by atoms with Crippen LogP contribution in [0.4, 0.5) is 0 Å². The quantitative estimate of drug-likeness (QED) is 0.892. The smallest absolute Gasteiger partial charge is 0.113 e. The molecule has 0 saturated carbocycles. The van der Waals surface area contributed by atoms with Crippen LogP contribution in [-0.4, -0.2) is 36.4 Å². The van der Waals surface area contributed by atoms with E-state index in [1.807, 2.05) is 0 Å². The Kier molecular flexibility index (Phi) is 3.53. The third kappa shape index (κ3) is 2.26. The minimum Gasteiger partial charge on any atom is -0.383 e. The molecule has 19 heavy (non-hydrogen) atoms. The second-order valence-electron chi connectivity index (χ2n) is 5.31. The SMILES string of the molecule is COCCn1c(C(C)C2CNC2)nc2ccccc21. The number of para-hydroxylation sites is 2. The van der Waals surface area contributed by atoms with Crippen LogP contribution in [0.1, 0.15) is 18.7 Å². The number of imidazole rings is 1. The first-order chi connectivity index (χ1) is 9.31. The van der Waals surface area contributed by atoms with Crippen molar-refractivity contribution in [3.63, 3.8) is 0 Å². The predicted molar refractivity (Wildman–Crippen MR) is 76.4 cm³/mol.